The molecule has 19 heavy (non-hydrogen) atoms. The number of ether oxygens (including phenoxy) is 1. The summed E-state index contributed by atoms with van der Waals surface area (Å²) in [5, 5.41) is 2.58. The summed E-state index contributed by atoms with van der Waals surface area (Å²) in [5.41, 5.74) is 5.63. The molecule has 0 radical (unpaired) electrons. The number of nitrogens with two attached hydrogens (primary N) is 1. The first-order chi connectivity index (χ1) is 8.95. The van der Waals surface area contributed by atoms with Crippen molar-refractivity contribution in [3.8, 4) is 0 Å². The molecule has 0 fully saturated rings. The summed E-state index contributed by atoms with van der Waals surface area (Å²) >= 11 is 0. The number of amides is 2. The lowest BCUT2D eigenvalue weighted by Gasteiger charge is -2.12. The molecule has 0 aliphatic heterocycles. The number of anilines is 1. The van der Waals surface area contributed by atoms with E-state index in [1.54, 1.807) is 31.2 Å². The Morgan fingerprint density at radius 2 is 1.95 bits per heavy atom. The molecule has 0 saturated carbocycles. The lowest BCUT2D eigenvalue weighted by Crippen LogP contribution is -2.26. The van der Waals surface area contributed by atoms with Crippen LogP contribution in [-0.4, -0.2) is 24.9 Å². The van der Waals surface area contributed by atoms with Crippen LogP contribution in [0.2, 0.25) is 0 Å². The maximum absolute atomic E-state index is 11.8. The smallest absolute Gasteiger partial charge is 0.339 e. The molecule has 0 aromatic heterocycles. The Kier molecular flexibility index (Phi) is 5.05. The van der Waals surface area contributed by atoms with Gasteiger partial charge in [-0.1, -0.05) is 19.1 Å². The molecule has 0 bridgehead atoms. The van der Waals surface area contributed by atoms with Gasteiger partial charge in [0.25, 0.3) is 0 Å². The number of methoxy groups -OCH3 is 1. The van der Waals surface area contributed by atoms with Gasteiger partial charge in [-0.05, 0) is 12.1 Å². The summed E-state index contributed by atoms with van der Waals surface area (Å²) in [4.78, 5) is 34.1. The Morgan fingerprint density at radius 1 is 1.32 bits per heavy atom. The Morgan fingerprint density at radius 3 is 2.53 bits per heavy atom. The summed E-state index contributed by atoms with van der Waals surface area (Å²) in [7, 11) is 1.26. The number of carbonyl (C=O) groups excluding carboxylic acids is 3. The highest BCUT2D eigenvalue weighted by Crippen LogP contribution is 2.17. The maximum atomic E-state index is 11.8. The number of esters is 1. The molecule has 1 atom stereocenters. The predicted molar refractivity (Wildman–Crippen MR) is 69.4 cm³/mol. The molecule has 0 spiro atoms. The van der Waals surface area contributed by atoms with E-state index in [0.717, 1.165) is 0 Å². The summed E-state index contributed by atoms with van der Waals surface area (Å²) in [6.45, 7) is 1.58. The van der Waals surface area contributed by atoms with E-state index in [4.69, 9.17) is 5.73 Å². The number of benzene rings is 1. The Labute approximate surface area is 110 Å². The van der Waals surface area contributed by atoms with Crippen molar-refractivity contribution in [3.63, 3.8) is 0 Å². The zero-order chi connectivity index (χ0) is 14.4. The molecule has 2 amide bonds. The third-order valence-electron chi connectivity index (χ3n) is 2.55. The summed E-state index contributed by atoms with van der Waals surface area (Å²) in [5.74, 6) is -2.04. The first-order valence-corrected chi connectivity index (χ1v) is 5.72. The number of para-hydroxylation sites is 1. The van der Waals surface area contributed by atoms with E-state index in [1.807, 2.05) is 0 Å². The lowest BCUT2D eigenvalue weighted by molar-refractivity contribution is -0.125. The first-order valence-electron chi connectivity index (χ1n) is 5.72. The second kappa shape index (κ2) is 6.53. The van der Waals surface area contributed by atoms with Crippen molar-refractivity contribution in [1.29, 1.82) is 0 Å². The van der Waals surface area contributed by atoms with Crippen molar-refractivity contribution in [3.05, 3.63) is 29.8 Å². The van der Waals surface area contributed by atoms with Crippen molar-refractivity contribution in [1.82, 2.24) is 0 Å². The minimum absolute atomic E-state index is 0.0494. The number of hydrogen-bond acceptors (Lipinski definition) is 4. The molecule has 1 aromatic carbocycles. The highest BCUT2D eigenvalue weighted by molar-refractivity contribution is 6.02. The monoisotopic (exact) mass is 264 g/mol. The topological polar surface area (TPSA) is 98.5 Å². The van der Waals surface area contributed by atoms with Crippen LogP contribution in [0.5, 0.6) is 0 Å². The minimum atomic E-state index is -0.566. The van der Waals surface area contributed by atoms with E-state index in [0.29, 0.717) is 5.69 Å². The molecule has 0 aliphatic rings. The van der Waals surface area contributed by atoms with Crippen LogP contribution in [-0.2, 0) is 14.3 Å². The van der Waals surface area contributed by atoms with Crippen LogP contribution < -0.4 is 11.1 Å². The van der Waals surface area contributed by atoms with Crippen LogP contribution in [0.1, 0.15) is 23.7 Å². The van der Waals surface area contributed by atoms with Crippen molar-refractivity contribution >= 4 is 23.5 Å². The van der Waals surface area contributed by atoms with Gasteiger partial charge in [0.05, 0.1) is 18.4 Å². The number of nitrogens with one attached hydrogen (secondary N) is 1. The molecule has 3 N–H and O–H groups in total. The molecule has 0 heterocycles. The molecule has 1 unspecified atom stereocenters. The van der Waals surface area contributed by atoms with Crippen molar-refractivity contribution in [2.75, 3.05) is 12.4 Å². The zero-order valence-corrected chi connectivity index (χ0v) is 10.8. The SMILES string of the molecule is COC(=O)c1ccccc1NC(=O)C(C)CC(N)=O. The van der Waals surface area contributed by atoms with Gasteiger partial charge in [-0.15, -0.1) is 0 Å². The van der Waals surface area contributed by atoms with Gasteiger partial charge in [0, 0.05) is 12.3 Å². The fourth-order valence-electron chi connectivity index (χ4n) is 1.53. The van der Waals surface area contributed by atoms with Gasteiger partial charge >= 0.3 is 5.97 Å². The summed E-state index contributed by atoms with van der Waals surface area (Å²) < 4.78 is 4.62. The number of carbonyl (C=O) groups is 3. The average Bonchev–Trinajstić information content (AvgIpc) is 2.37. The first kappa shape index (κ1) is 14.7. The Hall–Kier alpha value is -2.37. The Balaban J connectivity index is 2.85. The molecule has 6 nitrogen and oxygen atoms in total. The number of primary amides is 1. The van der Waals surface area contributed by atoms with E-state index in [2.05, 4.69) is 10.1 Å². The van der Waals surface area contributed by atoms with Crippen molar-refractivity contribution in [2.24, 2.45) is 11.7 Å². The summed E-state index contributed by atoms with van der Waals surface area (Å²) in [6, 6.07) is 6.47. The van der Waals surface area contributed by atoms with Gasteiger partial charge in [-0.25, -0.2) is 4.79 Å². The van der Waals surface area contributed by atoms with Gasteiger partial charge in [0.2, 0.25) is 11.8 Å². The van der Waals surface area contributed by atoms with Crippen LogP contribution in [0.15, 0.2) is 24.3 Å². The van der Waals surface area contributed by atoms with Gasteiger partial charge in [-0.2, -0.15) is 0 Å². The van der Waals surface area contributed by atoms with E-state index < -0.39 is 17.8 Å². The molecule has 0 aliphatic carbocycles. The highest BCUT2D eigenvalue weighted by atomic mass is 16.5. The largest absolute Gasteiger partial charge is 0.465 e. The molecular formula is C13H16N2O4. The highest BCUT2D eigenvalue weighted by Gasteiger charge is 2.18. The van der Waals surface area contributed by atoms with Crippen molar-refractivity contribution < 1.29 is 19.1 Å². The third-order valence-corrected chi connectivity index (χ3v) is 2.55. The average molecular weight is 264 g/mol. The standard InChI is InChI=1S/C13H16N2O4/c1-8(7-11(14)16)12(17)15-10-6-4-3-5-9(10)13(18)19-2/h3-6,8H,7H2,1-2H3,(H2,14,16)(H,15,17). The maximum Gasteiger partial charge on any atom is 0.339 e. The predicted octanol–water partition coefficient (Wildman–Crippen LogP) is 0.923. The molecule has 0 saturated heterocycles. The van der Waals surface area contributed by atoms with Crippen LogP contribution in [0, 0.1) is 5.92 Å². The molecular weight excluding hydrogens is 248 g/mol. The van der Waals surface area contributed by atoms with Gasteiger partial charge in [0.15, 0.2) is 0 Å². The quantitative estimate of drug-likeness (QED) is 0.772. The van der Waals surface area contributed by atoms with E-state index in [1.165, 1.54) is 7.11 Å². The van der Waals surface area contributed by atoms with Gasteiger partial charge in [0.1, 0.15) is 0 Å². The van der Waals surface area contributed by atoms with Gasteiger partial charge in [-0.3, -0.25) is 9.59 Å². The Bertz CT molecular complexity index is 499. The molecule has 102 valence electrons. The van der Waals surface area contributed by atoms with Crippen LogP contribution in [0.4, 0.5) is 5.69 Å². The van der Waals surface area contributed by atoms with E-state index in [-0.39, 0.29) is 17.9 Å². The van der Waals surface area contributed by atoms with Crippen molar-refractivity contribution in [2.45, 2.75) is 13.3 Å². The van der Waals surface area contributed by atoms with Crippen LogP contribution >= 0.6 is 0 Å². The molecule has 1 rings (SSSR count). The van der Waals surface area contributed by atoms with Crippen LogP contribution in [0.25, 0.3) is 0 Å². The fourth-order valence-corrected chi connectivity index (χ4v) is 1.53. The van der Waals surface area contributed by atoms with Gasteiger partial charge < -0.3 is 15.8 Å². The molecule has 6 heteroatoms. The molecule has 1 aromatic rings. The van der Waals surface area contributed by atoms with E-state index in [9.17, 15) is 14.4 Å². The summed E-state index contributed by atoms with van der Waals surface area (Å²) in [6.07, 6.45) is -0.0494. The second-order valence-corrected chi connectivity index (χ2v) is 4.10. The number of hydrogen-bond donors (Lipinski definition) is 2. The zero-order valence-electron chi connectivity index (χ0n) is 10.8. The van der Waals surface area contributed by atoms with E-state index >= 15 is 0 Å². The second-order valence-electron chi connectivity index (χ2n) is 4.10. The normalized spacial score (nSPS) is 11.5. The minimum Gasteiger partial charge on any atom is -0.465 e. The number of rotatable bonds is 5. The van der Waals surface area contributed by atoms with Crippen LogP contribution in [0.3, 0.4) is 0 Å². The third kappa shape index (κ3) is 4.09. The fraction of sp³-hybridized carbons (Fsp3) is 0.308. The lowest BCUT2D eigenvalue weighted by atomic mass is 10.1.